The number of aromatic nitrogens is 3. The SMILES string of the molecule is COc1ccc(-c2nc(-c3ccccc3)nc(-c3ccccc3O)n2)c(O)c1. The molecule has 2 N–H and O–H groups in total. The van der Waals surface area contributed by atoms with Crippen molar-refractivity contribution in [3.05, 3.63) is 72.8 Å². The maximum absolute atomic E-state index is 10.4. The van der Waals surface area contributed by atoms with Gasteiger partial charge in [0.05, 0.1) is 18.2 Å². The Bertz CT molecular complexity index is 1130. The second kappa shape index (κ2) is 7.36. The van der Waals surface area contributed by atoms with Crippen LogP contribution in [-0.4, -0.2) is 32.3 Å². The number of hydrogen-bond acceptors (Lipinski definition) is 6. The molecule has 1 aromatic heterocycles. The molecule has 0 fully saturated rings. The summed E-state index contributed by atoms with van der Waals surface area (Å²) in [6, 6.07) is 21.2. The maximum Gasteiger partial charge on any atom is 0.167 e. The van der Waals surface area contributed by atoms with E-state index >= 15 is 0 Å². The van der Waals surface area contributed by atoms with Crippen LogP contribution in [0.15, 0.2) is 72.8 Å². The van der Waals surface area contributed by atoms with Gasteiger partial charge in [-0.15, -0.1) is 0 Å². The molecule has 0 amide bonds. The standard InChI is InChI=1S/C22H17N3O3/c1-28-15-11-12-17(19(27)13-15)22-24-20(14-7-3-2-4-8-14)23-21(25-22)16-9-5-6-10-18(16)26/h2-13,26-27H,1H3. The van der Waals surface area contributed by atoms with E-state index in [1.165, 1.54) is 13.2 Å². The summed E-state index contributed by atoms with van der Waals surface area (Å²) in [7, 11) is 1.53. The summed E-state index contributed by atoms with van der Waals surface area (Å²) < 4.78 is 5.14. The maximum atomic E-state index is 10.4. The van der Waals surface area contributed by atoms with Gasteiger partial charge in [-0.25, -0.2) is 15.0 Å². The summed E-state index contributed by atoms with van der Waals surface area (Å²) in [4.78, 5) is 13.6. The smallest absolute Gasteiger partial charge is 0.167 e. The van der Waals surface area contributed by atoms with Crippen LogP contribution in [0.3, 0.4) is 0 Å². The Morgan fingerprint density at radius 2 is 1.25 bits per heavy atom. The number of methoxy groups -OCH3 is 1. The van der Waals surface area contributed by atoms with Crippen molar-refractivity contribution >= 4 is 0 Å². The molecule has 0 aliphatic heterocycles. The lowest BCUT2D eigenvalue weighted by Gasteiger charge is -2.10. The van der Waals surface area contributed by atoms with Crippen LogP contribution in [0.5, 0.6) is 17.2 Å². The van der Waals surface area contributed by atoms with E-state index in [4.69, 9.17) is 4.74 Å². The van der Waals surface area contributed by atoms with Crippen molar-refractivity contribution in [2.24, 2.45) is 0 Å². The van der Waals surface area contributed by atoms with E-state index < -0.39 is 0 Å². The Kier molecular flexibility index (Phi) is 4.60. The van der Waals surface area contributed by atoms with Gasteiger partial charge in [-0.3, -0.25) is 0 Å². The van der Waals surface area contributed by atoms with Gasteiger partial charge in [-0.1, -0.05) is 42.5 Å². The Labute approximate surface area is 161 Å². The van der Waals surface area contributed by atoms with Gasteiger partial charge in [-0.2, -0.15) is 0 Å². The highest BCUT2D eigenvalue weighted by atomic mass is 16.5. The number of aromatic hydroxyl groups is 2. The van der Waals surface area contributed by atoms with Gasteiger partial charge in [0.15, 0.2) is 17.5 Å². The summed E-state index contributed by atoms with van der Waals surface area (Å²) in [6.07, 6.45) is 0. The van der Waals surface area contributed by atoms with Crippen molar-refractivity contribution in [2.45, 2.75) is 0 Å². The van der Waals surface area contributed by atoms with Crippen LogP contribution >= 0.6 is 0 Å². The molecule has 0 atom stereocenters. The zero-order valence-electron chi connectivity index (χ0n) is 15.1. The average molecular weight is 371 g/mol. The second-order valence-corrected chi connectivity index (χ2v) is 6.07. The Balaban J connectivity index is 1.94. The van der Waals surface area contributed by atoms with E-state index in [9.17, 15) is 10.2 Å². The molecule has 0 spiro atoms. The molecule has 0 bridgehead atoms. The van der Waals surface area contributed by atoms with Crippen molar-refractivity contribution < 1.29 is 14.9 Å². The fourth-order valence-electron chi connectivity index (χ4n) is 2.82. The first-order valence-corrected chi connectivity index (χ1v) is 8.63. The molecular weight excluding hydrogens is 354 g/mol. The molecule has 0 radical (unpaired) electrons. The number of para-hydroxylation sites is 1. The molecule has 0 saturated heterocycles. The summed E-state index contributed by atoms with van der Waals surface area (Å²) in [6.45, 7) is 0. The lowest BCUT2D eigenvalue weighted by Crippen LogP contribution is -2.00. The van der Waals surface area contributed by atoms with Crippen molar-refractivity contribution in [3.63, 3.8) is 0 Å². The first-order chi connectivity index (χ1) is 13.7. The Hall–Kier alpha value is -3.93. The minimum atomic E-state index is -0.00667. The lowest BCUT2D eigenvalue weighted by molar-refractivity contribution is 0.408. The summed E-state index contributed by atoms with van der Waals surface area (Å²) in [5.41, 5.74) is 1.73. The largest absolute Gasteiger partial charge is 0.507 e. The molecule has 6 heteroatoms. The van der Waals surface area contributed by atoms with Crippen LogP contribution in [0.1, 0.15) is 0 Å². The van der Waals surface area contributed by atoms with Crippen LogP contribution in [0.25, 0.3) is 34.2 Å². The zero-order valence-corrected chi connectivity index (χ0v) is 15.1. The Morgan fingerprint density at radius 3 is 1.89 bits per heavy atom. The average Bonchev–Trinajstić information content (AvgIpc) is 2.74. The summed E-state index contributed by atoms with van der Waals surface area (Å²) in [5, 5.41) is 20.7. The molecule has 138 valence electrons. The lowest BCUT2D eigenvalue weighted by atomic mass is 10.1. The number of ether oxygens (including phenoxy) is 1. The van der Waals surface area contributed by atoms with Crippen LogP contribution in [0.2, 0.25) is 0 Å². The number of benzene rings is 3. The Morgan fingerprint density at radius 1 is 0.643 bits per heavy atom. The van der Waals surface area contributed by atoms with Crippen molar-refractivity contribution in [1.29, 1.82) is 0 Å². The number of phenolic OH excluding ortho intramolecular Hbond substituents is 2. The third-order valence-electron chi connectivity index (χ3n) is 4.26. The van der Waals surface area contributed by atoms with Crippen LogP contribution in [-0.2, 0) is 0 Å². The predicted molar refractivity (Wildman–Crippen MR) is 106 cm³/mol. The molecule has 28 heavy (non-hydrogen) atoms. The number of nitrogens with zero attached hydrogens (tertiary/aromatic N) is 3. The van der Waals surface area contributed by atoms with E-state index in [1.807, 2.05) is 30.3 Å². The van der Waals surface area contributed by atoms with E-state index in [0.29, 0.717) is 34.3 Å². The molecule has 3 aromatic carbocycles. The minimum Gasteiger partial charge on any atom is -0.507 e. The van der Waals surface area contributed by atoms with Gasteiger partial charge in [0.1, 0.15) is 17.2 Å². The van der Waals surface area contributed by atoms with E-state index in [1.54, 1.807) is 36.4 Å². The first-order valence-electron chi connectivity index (χ1n) is 8.63. The number of rotatable bonds is 4. The van der Waals surface area contributed by atoms with E-state index in [-0.39, 0.29) is 11.5 Å². The third kappa shape index (κ3) is 3.35. The number of phenols is 2. The van der Waals surface area contributed by atoms with Crippen LogP contribution in [0, 0.1) is 0 Å². The van der Waals surface area contributed by atoms with Crippen molar-refractivity contribution in [2.75, 3.05) is 7.11 Å². The van der Waals surface area contributed by atoms with Crippen LogP contribution < -0.4 is 4.74 Å². The van der Waals surface area contributed by atoms with Gasteiger partial charge in [0.2, 0.25) is 0 Å². The highest BCUT2D eigenvalue weighted by Crippen LogP contribution is 2.33. The predicted octanol–water partition coefficient (Wildman–Crippen LogP) is 4.29. The van der Waals surface area contributed by atoms with E-state index in [0.717, 1.165) is 5.56 Å². The minimum absolute atomic E-state index is 0.00667. The van der Waals surface area contributed by atoms with Crippen molar-refractivity contribution in [1.82, 2.24) is 15.0 Å². The molecule has 0 aliphatic carbocycles. The van der Waals surface area contributed by atoms with Crippen LogP contribution in [0.4, 0.5) is 0 Å². The highest BCUT2D eigenvalue weighted by molar-refractivity contribution is 5.72. The topological polar surface area (TPSA) is 88.4 Å². The molecule has 1 heterocycles. The molecule has 6 nitrogen and oxygen atoms in total. The third-order valence-corrected chi connectivity index (χ3v) is 4.26. The molecule has 0 saturated carbocycles. The van der Waals surface area contributed by atoms with Gasteiger partial charge in [-0.05, 0) is 24.3 Å². The quantitative estimate of drug-likeness (QED) is 0.556. The van der Waals surface area contributed by atoms with Gasteiger partial charge in [0.25, 0.3) is 0 Å². The molecule has 0 unspecified atom stereocenters. The first kappa shape index (κ1) is 17.5. The van der Waals surface area contributed by atoms with E-state index in [2.05, 4.69) is 15.0 Å². The molecular formula is C22H17N3O3. The fraction of sp³-hybridized carbons (Fsp3) is 0.0455. The van der Waals surface area contributed by atoms with Crippen molar-refractivity contribution in [3.8, 4) is 51.4 Å². The fourth-order valence-corrected chi connectivity index (χ4v) is 2.82. The number of hydrogen-bond donors (Lipinski definition) is 2. The van der Waals surface area contributed by atoms with Gasteiger partial charge < -0.3 is 14.9 Å². The summed E-state index contributed by atoms with van der Waals surface area (Å²) >= 11 is 0. The normalized spacial score (nSPS) is 10.6. The van der Waals surface area contributed by atoms with Gasteiger partial charge >= 0.3 is 0 Å². The second-order valence-electron chi connectivity index (χ2n) is 6.07. The zero-order chi connectivity index (χ0) is 19.5. The highest BCUT2D eigenvalue weighted by Gasteiger charge is 2.16. The monoisotopic (exact) mass is 371 g/mol. The molecule has 4 aromatic rings. The summed E-state index contributed by atoms with van der Waals surface area (Å²) in [5.74, 6) is 1.65. The van der Waals surface area contributed by atoms with Gasteiger partial charge in [0, 0.05) is 11.6 Å². The molecule has 0 aliphatic rings. The molecule has 4 rings (SSSR count).